The Hall–Kier alpha value is -3.47. The average Bonchev–Trinajstić information content (AvgIpc) is 2.81. The molecule has 0 fully saturated rings. The Morgan fingerprint density at radius 2 is 1.77 bits per heavy atom. The standard InChI is InChI=1S/C24H32N4O6S/c1-5-14-25-24(30)21(6-2)26(16-19-10-8-7-9-11-19)23(29)17-27(35(4,33)34)22-15-20(28(31)32)13-12-18(22)3/h7-13,15,21H,5-6,14,16-17H2,1-4H3,(H,25,30)/t21-/m1/s1. The van der Waals surface area contributed by atoms with E-state index in [0.29, 0.717) is 18.5 Å². The fourth-order valence-corrected chi connectivity index (χ4v) is 4.54. The molecule has 190 valence electrons. The maximum absolute atomic E-state index is 13.6. The fraction of sp³-hybridized carbons (Fsp3) is 0.417. The maximum Gasteiger partial charge on any atom is 0.271 e. The van der Waals surface area contributed by atoms with Gasteiger partial charge < -0.3 is 10.2 Å². The van der Waals surface area contributed by atoms with Gasteiger partial charge in [0, 0.05) is 25.2 Å². The number of hydrogen-bond donors (Lipinski definition) is 1. The number of non-ortho nitro benzene ring substituents is 1. The normalized spacial score (nSPS) is 12.0. The van der Waals surface area contributed by atoms with Gasteiger partial charge in [0.05, 0.1) is 16.9 Å². The first-order valence-corrected chi connectivity index (χ1v) is 13.2. The molecule has 1 N–H and O–H groups in total. The third-order valence-corrected chi connectivity index (χ3v) is 6.61. The zero-order valence-electron chi connectivity index (χ0n) is 20.4. The minimum atomic E-state index is -3.99. The topological polar surface area (TPSA) is 130 Å². The number of carbonyl (C=O) groups is 2. The van der Waals surface area contributed by atoms with Crippen molar-refractivity contribution >= 4 is 33.2 Å². The summed E-state index contributed by atoms with van der Waals surface area (Å²) < 4.78 is 26.3. The van der Waals surface area contributed by atoms with Gasteiger partial charge in [-0.3, -0.25) is 24.0 Å². The second kappa shape index (κ2) is 12.3. The van der Waals surface area contributed by atoms with Crippen molar-refractivity contribution in [2.75, 3.05) is 23.7 Å². The third-order valence-electron chi connectivity index (χ3n) is 5.48. The number of nitrogens with zero attached hydrogens (tertiary/aromatic N) is 3. The Kier molecular flexibility index (Phi) is 9.76. The fourth-order valence-electron chi connectivity index (χ4n) is 3.64. The van der Waals surface area contributed by atoms with Crippen molar-refractivity contribution in [3.05, 3.63) is 69.8 Å². The van der Waals surface area contributed by atoms with E-state index in [4.69, 9.17) is 0 Å². The minimum Gasteiger partial charge on any atom is -0.354 e. The number of anilines is 1. The number of carbonyl (C=O) groups excluding carboxylic acids is 2. The number of sulfonamides is 1. The smallest absolute Gasteiger partial charge is 0.271 e. The van der Waals surface area contributed by atoms with Crippen LogP contribution in [0.25, 0.3) is 0 Å². The molecule has 2 aromatic rings. The van der Waals surface area contributed by atoms with Crippen molar-refractivity contribution in [3.63, 3.8) is 0 Å². The Morgan fingerprint density at radius 1 is 1.11 bits per heavy atom. The molecule has 10 nitrogen and oxygen atoms in total. The molecule has 35 heavy (non-hydrogen) atoms. The van der Waals surface area contributed by atoms with Crippen LogP contribution in [0.5, 0.6) is 0 Å². The van der Waals surface area contributed by atoms with E-state index in [1.165, 1.54) is 17.0 Å². The zero-order chi connectivity index (χ0) is 26.2. The van der Waals surface area contributed by atoms with Gasteiger partial charge in [0.25, 0.3) is 5.69 Å². The molecular formula is C24H32N4O6S. The molecule has 0 aliphatic carbocycles. The van der Waals surface area contributed by atoms with Crippen LogP contribution in [-0.4, -0.2) is 55.4 Å². The van der Waals surface area contributed by atoms with Crippen LogP contribution in [0, 0.1) is 17.0 Å². The Morgan fingerprint density at radius 3 is 2.31 bits per heavy atom. The molecule has 0 bridgehead atoms. The maximum atomic E-state index is 13.6. The van der Waals surface area contributed by atoms with Gasteiger partial charge in [-0.25, -0.2) is 8.42 Å². The monoisotopic (exact) mass is 504 g/mol. The van der Waals surface area contributed by atoms with E-state index in [1.54, 1.807) is 13.8 Å². The number of nitrogens with one attached hydrogen (secondary N) is 1. The number of benzene rings is 2. The molecule has 0 unspecified atom stereocenters. The summed E-state index contributed by atoms with van der Waals surface area (Å²) in [7, 11) is -3.99. The summed E-state index contributed by atoms with van der Waals surface area (Å²) in [5.74, 6) is -0.917. The van der Waals surface area contributed by atoms with Crippen LogP contribution in [0.4, 0.5) is 11.4 Å². The molecular weight excluding hydrogens is 472 g/mol. The molecule has 2 rings (SSSR count). The minimum absolute atomic E-state index is 0.0400. The zero-order valence-corrected chi connectivity index (χ0v) is 21.2. The van der Waals surface area contributed by atoms with Gasteiger partial charge >= 0.3 is 0 Å². The quantitative estimate of drug-likeness (QED) is 0.349. The van der Waals surface area contributed by atoms with Gasteiger partial charge in [-0.1, -0.05) is 50.2 Å². The molecule has 2 amide bonds. The van der Waals surface area contributed by atoms with Gasteiger partial charge in [0.15, 0.2) is 0 Å². The molecule has 0 saturated carbocycles. The molecule has 2 aromatic carbocycles. The van der Waals surface area contributed by atoms with E-state index in [1.807, 2.05) is 37.3 Å². The summed E-state index contributed by atoms with van der Waals surface area (Å²) in [6.07, 6.45) is 1.98. The van der Waals surface area contributed by atoms with Crippen molar-refractivity contribution in [3.8, 4) is 0 Å². The van der Waals surface area contributed by atoms with Crippen molar-refractivity contribution in [2.24, 2.45) is 0 Å². The van der Waals surface area contributed by atoms with Crippen LogP contribution in [0.15, 0.2) is 48.5 Å². The summed E-state index contributed by atoms with van der Waals surface area (Å²) in [5, 5.41) is 14.1. The predicted molar refractivity (Wildman–Crippen MR) is 134 cm³/mol. The van der Waals surface area contributed by atoms with Crippen LogP contribution < -0.4 is 9.62 Å². The molecule has 0 aliphatic rings. The number of nitro benzene ring substituents is 1. The molecule has 0 aliphatic heterocycles. The highest BCUT2D eigenvalue weighted by atomic mass is 32.2. The first kappa shape index (κ1) is 27.8. The molecule has 0 saturated heterocycles. The van der Waals surface area contributed by atoms with Gasteiger partial charge in [0.1, 0.15) is 12.6 Å². The molecule has 0 spiro atoms. The van der Waals surface area contributed by atoms with Crippen LogP contribution in [0.3, 0.4) is 0 Å². The first-order chi connectivity index (χ1) is 16.5. The second-order valence-electron chi connectivity index (χ2n) is 8.22. The highest BCUT2D eigenvalue weighted by molar-refractivity contribution is 7.92. The van der Waals surface area contributed by atoms with E-state index in [0.717, 1.165) is 28.6 Å². The summed E-state index contributed by atoms with van der Waals surface area (Å²) in [5.41, 5.74) is 0.979. The number of amides is 2. The Balaban J connectivity index is 2.49. The lowest BCUT2D eigenvalue weighted by atomic mass is 10.1. The van der Waals surface area contributed by atoms with Gasteiger partial charge in [-0.2, -0.15) is 0 Å². The van der Waals surface area contributed by atoms with Crippen molar-refractivity contribution < 1.29 is 22.9 Å². The summed E-state index contributed by atoms with van der Waals surface area (Å²) >= 11 is 0. The van der Waals surface area contributed by atoms with E-state index in [-0.39, 0.29) is 23.8 Å². The van der Waals surface area contributed by atoms with Crippen LogP contribution in [0.1, 0.15) is 37.8 Å². The van der Waals surface area contributed by atoms with Gasteiger partial charge in [-0.15, -0.1) is 0 Å². The Labute approximate surface area is 206 Å². The lowest BCUT2D eigenvalue weighted by Gasteiger charge is -2.33. The Bertz CT molecular complexity index is 1150. The lowest BCUT2D eigenvalue weighted by Crippen LogP contribution is -2.52. The van der Waals surface area contributed by atoms with Crippen molar-refractivity contribution in [1.29, 1.82) is 0 Å². The molecule has 0 radical (unpaired) electrons. The lowest BCUT2D eigenvalue weighted by molar-refractivity contribution is -0.384. The molecule has 11 heteroatoms. The number of rotatable bonds is 12. The number of aryl methyl sites for hydroxylation is 1. The van der Waals surface area contributed by atoms with Gasteiger partial charge in [0.2, 0.25) is 21.8 Å². The van der Waals surface area contributed by atoms with Gasteiger partial charge in [-0.05, 0) is 30.9 Å². The van der Waals surface area contributed by atoms with E-state index in [2.05, 4.69) is 5.32 Å². The SMILES string of the molecule is CCCNC(=O)[C@@H](CC)N(Cc1ccccc1)C(=O)CN(c1cc([N+](=O)[O-])ccc1C)S(C)(=O)=O. The summed E-state index contributed by atoms with van der Waals surface area (Å²) in [4.78, 5) is 38.5. The molecule has 0 aromatic heterocycles. The van der Waals surface area contributed by atoms with Crippen molar-refractivity contribution in [2.45, 2.75) is 46.2 Å². The summed E-state index contributed by atoms with van der Waals surface area (Å²) in [6.45, 7) is 5.25. The van der Waals surface area contributed by atoms with E-state index in [9.17, 15) is 28.1 Å². The highest BCUT2D eigenvalue weighted by Crippen LogP contribution is 2.28. The summed E-state index contributed by atoms with van der Waals surface area (Å²) in [6, 6.07) is 12.1. The largest absolute Gasteiger partial charge is 0.354 e. The van der Waals surface area contributed by atoms with Crippen molar-refractivity contribution in [1.82, 2.24) is 10.2 Å². The van der Waals surface area contributed by atoms with E-state index < -0.39 is 33.4 Å². The number of nitro groups is 1. The molecule has 1 atom stereocenters. The van der Waals surface area contributed by atoms with Crippen LogP contribution in [-0.2, 0) is 26.2 Å². The van der Waals surface area contributed by atoms with E-state index >= 15 is 0 Å². The highest BCUT2D eigenvalue weighted by Gasteiger charge is 2.32. The second-order valence-corrected chi connectivity index (χ2v) is 10.1. The predicted octanol–water partition coefficient (Wildman–Crippen LogP) is 3.00. The first-order valence-electron chi connectivity index (χ1n) is 11.3. The molecule has 0 heterocycles. The van der Waals surface area contributed by atoms with Crippen LogP contribution >= 0.6 is 0 Å². The third kappa shape index (κ3) is 7.51. The van der Waals surface area contributed by atoms with Crippen LogP contribution in [0.2, 0.25) is 0 Å². The average molecular weight is 505 g/mol. The number of hydrogen-bond acceptors (Lipinski definition) is 6.